The van der Waals surface area contributed by atoms with Gasteiger partial charge in [0, 0.05) is 45.3 Å². The number of carbonyl (C=O) groups is 1. The van der Waals surface area contributed by atoms with Crippen molar-refractivity contribution in [3.8, 4) is 34.0 Å². The molecule has 1 aliphatic rings. The normalized spacial score (nSPS) is 14.1. The van der Waals surface area contributed by atoms with E-state index in [1.54, 1.807) is 31.2 Å². The Balaban J connectivity index is 1.11. The molecule has 244 valence electrons. The summed E-state index contributed by atoms with van der Waals surface area (Å²) in [5, 5.41) is 18.2. The molecule has 1 aromatic heterocycles. The van der Waals surface area contributed by atoms with E-state index in [-0.39, 0.29) is 40.5 Å². The number of aliphatic hydroxyl groups is 1. The maximum Gasteiger partial charge on any atom is 0.336 e. The molecule has 2 heterocycles. The van der Waals surface area contributed by atoms with Gasteiger partial charge in [0.15, 0.2) is 5.82 Å². The highest BCUT2D eigenvalue weighted by Gasteiger charge is 2.21. The number of nitrogens with one attached hydrogen (secondary N) is 1. The van der Waals surface area contributed by atoms with E-state index in [9.17, 15) is 9.90 Å². The highest BCUT2D eigenvalue weighted by Crippen LogP contribution is 2.34. The molecule has 1 saturated heterocycles. The lowest BCUT2D eigenvalue weighted by molar-refractivity contribution is 0.0564. The first-order valence-corrected chi connectivity index (χ1v) is 15.5. The average Bonchev–Trinajstić information content (AvgIpc) is 3.47. The average molecular weight is 643 g/mol. The number of imidazole rings is 1. The fraction of sp³-hybridized carbons (Fsp3) is 0.278. The summed E-state index contributed by atoms with van der Waals surface area (Å²) in [4.78, 5) is 23.2. The predicted molar refractivity (Wildman–Crippen MR) is 175 cm³/mol. The number of aromatic carboxylic acids is 1. The first-order chi connectivity index (χ1) is 22.8. The molecule has 1 fully saturated rings. The molecule has 0 aliphatic carbocycles. The van der Waals surface area contributed by atoms with Crippen molar-refractivity contribution in [1.82, 2.24) is 19.8 Å². The standard InChI is InChI=1S/C36H36F2N4O5/c1-23-2-11-28(20-29(23)35(44)45)47-36-39-31-21-30(37)32(33(38)34(31)40-36)27-9-7-26(8-10-27)25-5-3-24(4-6-25)22-42-14-12-41(13-15-42)16-18-46-19-17-43/h2-11,20-21,43H,12-19,22H2,1H3,(H,39,40)(H,44,45). The Labute approximate surface area is 271 Å². The number of benzene rings is 4. The summed E-state index contributed by atoms with van der Waals surface area (Å²) in [6, 6.07) is 21.0. The van der Waals surface area contributed by atoms with E-state index in [1.165, 1.54) is 17.7 Å². The molecule has 9 nitrogen and oxygen atoms in total. The van der Waals surface area contributed by atoms with Gasteiger partial charge in [-0.15, -0.1) is 0 Å². The molecule has 6 rings (SSSR count). The number of ether oxygens (including phenoxy) is 2. The molecule has 0 radical (unpaired) electrons. The summed E-state index contributed by atoms with van der Waals surface area (Å²) in [6.45, 7) is 8.41. The molecular formula is C36H36F2N4O5. The molecule has 0 bridgehead atoms. The molecule has 0 unspecified atom stereocenters. The number of hydrogen-bond acceptors (Lipinski definition) is 7. The lowest BCUT2D eigenvalue weighted by Gasteiger charge is -2.34. The molecule has 5 aromatic rings. The van der Waals surface area contributed by atoms with Crippen LogP contribution < -0.4 is 4.74 Å². The lowest BCUT2D eigenvalue weighted by Crippen LogP contribution is -2.46. The third kappa shape index (κ3) is 7.50. The molecule has 0 saturated carbocycles. The number of aliphatic hydroxyl groups excluding tert-OH is 1. The summed E-state index contributed by atoms with van der Waals surface area (Å²) >= 11 is 0. The van der Waals surface area contributed by atoms with Crippen LogP contribution in [0.4, 0.5) is 8.78 Å². The first kappa shape index (κ1) is 32.3. The van der Waals surface area contributed by atoms with Crippen molar-refractivity contribution in [1.29, 1.82) is 0 Å². The van der Waals surface area contributed by atoms with Crippen LogP contribution in [-0.2, 0) is 11.3 Å². The minimum Gasteiger partial charge on any atom is -0.478 e. The van der Waals surface area contributed by atoms with Crippen molar-refractivity contribution in [2.45, 2.75) is 13.5 Å². The zero-order valence-corrected chi connectivity index (χ0v) is 26.0. The topological polar surface area (TPSA) is 111 Å². The molecule has 0 spiro atoms. The van der Waals surface area contributed by atoms with Gasteiger partial charge in [-0.05, 0) is 46.9 Å². The van der Waals surface area contributed by atoms with Gasteiger partial charge in [-0.2, -0.15) is 4.98 Å². The minimum absolute atomic E-state index is 0.0520. The number of carboxylic acids is 1. The summed E-state index contributed by atoms with van der Waals surface area (Å²) in [5.41, 5.74) is 3.98. The lowest BCUT2D eigenvalue weighted by atomic mass is 9.98. The number of hydrogen-bond donors (Lipinski definition) is 3. The van der Waals surface area contributed by atoms with Crippen LogP contribution in [0.5, 0.6) is 11.8 Å². The number of aromatic amines is 1. The van der Waals surface area contributed by atoms with Crippen LogP contribution in [0.3, 0.4) is 0 Å². The molecule has 3 N–H and O–H groups in total. The minimum atomic E-state index is -1.10. The first-order valence-electron chi connectivity index (χ1n) is 15.5. The van der Waals surface area contributed by atoms with E-state index in [1.807, 2.05) is 12.1 Å². The van der Waals surface area contributed by atoms with Gasteiger partial charge in [0.25, 0.3) is 6.01 Å². The van der Waals surface area contributed by atoms with Gasteiger partial charge in [0.05, 0.1) is 36.5 Å². The van der Waals surface area contributed by atoms with Crippen molar-refractivity contribution in [2.24, 2.45) is 0 Å². The van der Waals surface area contributed by atoms with E-state index in [4.69, 9.17) is 14.6 Å². The smallest absolute Gasteiger partial charge is 0.336 e. The van der Waals surface area contributed by atoms with Crippen molar-refractivity contribution < 1.29 is 33.3 Å². The second-order valence-corrected chi connectivity index (χ2v) is 11.6. The molecule has 4 aromatic carbocycles. The van der Waals surface area contributed by atoms with Gasteiger partial charge >= 0.3 is 5.97 Å². The number of piperazine rings is 1. The third-order valence-corrected chi connectivity index (χ3v) is 8.42. The number of H-pyrrole nitrogens is 1. The summed E-state index contributed by atoms with van der Waals surface area (Å²) in [6.07, 6.45) is 0. The van der Waals surface area contributed by atoms with Crippen LogP contribution in [0.25, 0.3) is 33.3 Å². The Kier molecular flexibility index (Phi) is 9.88. The van der Waals surface area contributed by atoms with Crippen LogP contribution in [0.1, 0.15) is 21.5 Å². The number of nitrogens with zero attached hydrogens (tertiary/aromatic N) is 3. The largest absolute Gasteiger partial charge is 0.478 e. The maximum absolute atomic E-state index is 15.7. The summed E-state index contributed by atoms with van der Waals surface area (Å²) < 4.78 is 42.0. The quantitative estimate of drug-likeness (QED) is 0.140. The molecule has 0 amide bonds. The zero-order valence-electron chi connectivity index (χ0n) is 26.0. The number of rotatable bonds is 12. The van der Waals surface area contributed by atoms with Crippen molar-refractivity contribution in [3.63, 3.8) is 0 Å². The molecular weight excluding hydrogens is 606 g/mol. The van der Waals surface area contributed by atoms with Crippen LogP contribution in [0.2, 0.25) is 0 Å². The predicted octanol–water partition coefficient (Wildman–Crippen LogP) is 6.10. The number of carboxylic acid groups (broad SMARTS) is 1. The highest BCUT2D eigenvalue weighted by atomic mass is 19.1. The second kappa shape index (κ2) is 14.4. The Morgan fingerprint density at radius 3 is 2.23 bits per heavy atom. The van der Waals surface area contributed by atoms with Crippen molar-refractivity contribution in [3.05, 3.63) is 101 Å². The summed E-state index contributed by atoms with van der Waals surface area (Å²) in [7, 11) is 0. The Morgan fingerprint density at radius 2 is 1.55 bits per heavy atom. The van der Waals surface area contributed by atoms with Crippen LogP contribution in [0.15, 0.2) is 72.8 Å². The van der Waals surface area contributed by atoms with Crippen LogP contribution in [-0.4, -0.2) is 88.5 Å². The van der Waals surface area contributed by atoms with Crippen molar-refractivity contribution in [2.75, 3.05) is 52.5 Å². The van der Waals surface area contributed by atoms with Crippen LogP contribution >= 0.6 is 0 Å². The van der Waals surface area contributed by atoms with Gasteiger partial charge in [0.2, 0.25) is 0 Å². The zero-order chi connectivity index (χ0) is 32.9. The van der Waals surface area contributed by atoms with Gasteiger partial charge in [-0.3, -0.25) is 9.80 Å². The van der Waals surface area contributed by atoms with Crippen LogP contribution in [0, 0.1) is 18.6 Å². The Hall–Kier alpha value is -4.68. The van der Waals surface area contributed by atoms with E-state index < -0.39 is 17.6 Å². The number of aromatic nitrogens is 2. The molecule has 0 atom stereocenters. The molecule has 11 heteroatoms. The van der Waals surface area contributed by atoms with Gasteiger partial charge in [-0.25, -0.2) is 13.6 Å². The third-order valence-electron chi connectivity index (χ3n) is 8.42. The van der Waals surface area contributed by atoms with Gasteiger partial charge in [-0.1, -0.05) is 54.6 Å². The number of fused-ring (bicyclic) bond motifs is 1. The number of aryl methyl sites for hydroxylation is 1. The van der Waals surface area contributed by atoms with Crippen molar-refractivity contribution >= 4 is 17.0 Å². The van der Waals surface area contributed by atoms with E-state index in [0.29, 0.717) is 24.3 Å². The molecule has 47 heavy (non-hydrogen) atoms. The fourth-order valence-corrected chi connectivity index (χ4v) is 5.80. The van der Waals surface area contributed by atoms with E-state index in [2.05, 4.69) is 44.0 Å². The molecule has 1 aliphatic heterocycles. The Morgan fingerprint density at radius 1 is 0.894 bits per heavy atom. The Bertz CT molecular complexity index is 1850. The highest BCUT2D eigenvalue weighted by molar-refractivity contribution is 5.90. The van der Waals surface area contributed by atoms with E-state index in [0.717, 1.165) is 50.4 Å². The van der Waals surface area contributed by atoms with Gasteiger partial charge in [0.1, 0.15) is 17.1 Å². The second-order valence-electron chi connectivity index (χ2n) is 11.6. The monoisotopic (exact) mass is 642 g/mol. The summed E-state index contributed by atoms with van der Waals surface area (Å²) in [5.74, 6) is -2.47. The maximum atomic E-state index is 15.7. The number of halogens is 2. The fourth-order valence-electron chi connectivity index (χ4n) is 5.80. The SMILES string of the molecule is Cc1ccc(Oc2nc3c(F)c(-c4ccc(-c5ccc(CN6CCN(CCOCCO)CC6)cc5)cc4)c(F)cc3[nH]2)cc1C(=O)O. The van der Waals surface area contributed by atoms with E-state index >= 15 is 8.78 Å². The van der Waals surface area contributed by atoms with Gasteiger partial charge < -0.3 is 24.7 Å².